The summed E-state index contributed by atoms with van der Waals surface area (Å²) in [5, 5.41) is 8.67. The van der Waals surface area contributed by atoms with Crippen LogP contribution in [0.2, 0.25) is 0 Å². The lowest BCUT2D eigenvalue weighted by Gasteiger charge is -2.34. The number of hydrogen-bond donors (Lipinski definition) is 1. The first-order chi connectivity index (χ1) is 13.2. The van der Waals surface area contributed by atoms with E-state index in [1.807, 2.05) is 27.3 Å². The van der Waals surface area contributed by atoms with Crippen molar-refractivity contribution >= 4 is 23.2 Å². The number of rotatable bonds is 8. The predicted octanol–water partition coefficient (Wildman–Crippen LogP) is 1.18. The summed E-state index contributed by atoms with van der Waals surface area (Å²) < 4.78 is 5.23. The van der Waals surface area contributed by atoms with Gasteiger partial charge in [-0.2, -0.15) is 4.98 Å². The molecule has 0 atom stereocenters. The second kappa shape index (κ2) is 9.43. The molecule has 1 saturated heterocycles. The van der Waals surface area contributed by atoms with Gasteiger partial charge in [0.15, 0.2) is 0 Å². The minimum Gasteiger partial charge on any atom is -0.352 e. The summed E-state index contributed by atoms with van der Waals surface area (Å²) in [4.78, 5) is 33.3. The van der Waals surface area contributed by atoms with Crippen LogP contribution >= 0.6 is 11.3 Å². The number of piperazine rings is 1. The molecule has 0 aliphatic carbocycles. The van der Waals surface area contributed by atoms with E-state index in [1.165, 1.54) is 0 Å². The highest BCUT2D eigenvalue weighted by atomic mass is 32.1. The van der Waals surface area contributed by atoms with Crippen molar-refractivity contribution in [2.45, 2.75) is 12.8 Å². The Balaban J connectivity index is 1.39. The SMILES string of the molecule is C=CCNC(=O)CN1CCN(C(=O)CCc2nc(-c3cccs3)no2)CC1. The molecule has 8 nitrogen and oxygen atoms in total. The molecule has 0 spiro atoms. The molecule has 27 heavy (non-hydrogen) atoms. The number of nitrogens with one attached hydrogen (secondary N) is 1. The van der Waals surface area contributed by atoms with Crippen LogP contribution in [0.4, 0.5) is 0 Å². The van der Waals surface area contributed by atoms with Crippen LogP contribution in [0, 0.1) is 0 Å². The number of thiophene rings is 1. The van der Waals surface area contributed by atoms with E-state index in [-0.39, 0.29) is 11.8 Å². The quantitative estimate of drug-likeness (QED) is 0.682. The molecule has 1 aliphatic rings. The van der Waals surface area contributed by atoms with Gasteiger partial charge in [-0.1, -0.05) is 17.3 Å². The third-order valence-electron chi connectivity index (χ3n) is 4.30. The van der Waals surface area contributed by atoms with Gasteiger partial charge < -0.3 is 14.7 Å². The van der Waals surface area contributed by atoms with Crippen LogP contribution in [0.5, 0.6) is 0 Å². The van der Waals surface area contributed by atoms with Crippen LogP contribution in [0.1, 0.15) is 12.3 Å². The fourth-order valence-electron chi connectivity index (χ4n) is 2.83. The summed E-state index contributed by atoms with van der Waals surface area (Å²) in [6.45, 7) is 7.03. The van der Waals surface area contributed by atoms with E-state index >= 15 is 0 Å². The second-order valence-electron chi connectivity index (χ2n) is 6.24. The average molecular weight is 389 g/mol. The molecule has 1 fully saturated rings. The van der Waals surface area contributed by atoms with Crippen molar-refractivity contribution in [3.8, 4) is 10.7 Å². The largest absolute Gasteiger partial charge is 0.352 e. The van der Waals surface area contributed by atoms with Gasteiger partial charge in [0.25, 0.3) is 0 Å². The highest BCUT2D eigenvalue weighted by Crippen LogP contribution is 2.21. The molecule has 3 heterocycles. The third-order valence-corrected chi connectivity index (χ3v) is 5.16. The normalized spacial score (nSPS) is 14.9. The molecule has 0 unspecified atom stereocenters. The third kappa shape index (κ3) is 5.48. The van der Waals surface area contributed by atoms with Crippen LogP contribution in [0.3, 0.4) is 0 Å². The van der Waals surface area contributed by atoms with Gasteiger partial charge in [0, 0.05) is 45.6 Å². The van der Waals surface area contributed by atoms with Crippen LogP contribution in [-0.4, -0.2) is 71.0 Å². The zero-order chi connectivity index (χ0) is 19.1. The first kappa shape index (κ1) is 19.2. The van der Waals surface area contributed by atoms with Crippen LogP contribution in [0.25, 0.3) is 10.7 Å². The molecule has 1 N–H and O–H groups in total. The number of amides is 2. The average Bonchev–Trinajstić information content (AvgIpc) is 3.36. The van der Waals surface area contributed by atoms with E-state index < -0.39 is 0 Å². The molecule has 1 aliphatic heterocycles. The van der Waals surface area contributed by atoms with Crippen molar-refractivity contribution in [3.05, 3.63) is 36.1 Å². The van der Waals surface area contributed by atoms with Gasteiger partial charge in [-0.15, -0.1) is 17.9 Å². The number of aryl methyl sites for hydroxylation is 1. The molecule has 2 amide bonds. The number of nitrogens with zero attached hydrogens (tertiary/aromatic N) is 4. The first-order valence-corrected chi connectivity index (χ1v) is 9.78. The molecular formula is C18H23N5O3S. The van der Waals surface area contributed by atoms with Gasteiger partial charge in [-0.3, -0.25) is 14.5 Å². The summed E-state index contributed by atoms with van der Waals surface area (Å²) in [5.74, 6) is 1.09. The monoisotopic (exact) mass is 389 g/mol. The van der Waals surface area contributed by atoms with Gasteiger partial charge in [0.2, 0.25) is 23.5 Å². The highest BCUT2D eigenvalue weighted by molar-refractivity contribution is 7.13. The summed E-state index contributed by atoms with van der Waals surface area (Å²) in [5.41, 5.74) is 0. The van der Waals surface area contributed by atoms with E-state index in [0.717, 1.165) is 4.88 Å². The zero-order valence-corrected chi connectivity index (χ0v) is 15.9. The van der Waals surface area contributed by atoms with Crippen LogP contribution < -0.4 is 5.32 Å². The second-order valence-corrected chi connectivity index (χ2v) is 7.19. The fourth-order valence-corrected chi connectivity index (χ4v) is 3.48. The smallest absolute Gasteiger partial charge is 0.234 e. The Kier molecular flexibility index (Phi) is 6.72. The molecule has 0 saturated carbocycles. The predicted molar refractivity (Wildman–Crippen MR) is 102 cm³/mol. The molecule has 0 aromatic carbocycles. The highest BCUT2D eigenvalue weighted by Gasteiger charge is 2.22. The molecular weight excluding hydrogens is 366 g/mol. The standard InChI is InChI=1S/C18H23N5O3S/c1-2-7-19-15(24)13-22-8-10-23(11-9-22)17(25)6-5-16-20-18(21-26-16)14-4-3-12-27-14/h2-4,12H,1,5-11,13H2,(H,19,24). The van der Waals surface area contributed by atoms with Crippen LogP contribution in [-0.2, 0) is 16.0 Å². The number of carbonyl (C=O) groups excluding carboxylic acids is 2. The van der Waals surface area contributed by atoms with Gasteiger partial charge in [0.05, 0.1) is 11.4 Å². The van der Waals surface area contributed by atoms with Gasteiger partial charge in [-0.25, -0.2) is 0 Å². The Bertz CT molecular complexity index is 766. The molecule has 0 bridgehead atoms. The number of aromatic nitrogens is 2. The topological polar surface area (TPSA) is 91.6 Å². The fraction of sp³-hybridized carbons (Fsp3) is 0.444. The van der Waals surface area contributed by atoms with Gasteiger partial charge in [0.1, 0.15) is 0 Å². The Labute approximate surface area is 161 Å². The molecule has 144 valence electrons. The Hall–Kier alpha value is -2.52. The first-order valence-electron chi connectivity index (χ1n) is 8.90. The minimum absolute atomic E-state index is 0.0207. The molecule has 2 aromatic heterocycles. The lowest BCUT2D eigenvalue weighted by molar-refractivity contribution is -0.133. The Morgan fingerprint density at radius 2 is 2.15 bits per heavy atom. The lowest BCUT2D eigenvalue weighted by Crippen LogP contribution is -2.51. The van der Waals surface area contributed by atoms with Crippen molar-refractivity contribution in [1.29, 1.82) is 0 Å². The van der Waals surface area contributed by atoms with Gasteiger partial charge >= 0.3 is 0 Å². The summed E-state index contributed by atoms with van der Waals surface area (Å²) in [6, 6.07) is 3.86. The lowest BCUT2D eigenvalue weighted by atomic mass is 10.2. The Morgan fingerprint density at radius 3 is 2.85 bits per heavy atom. The van der Waals surface area contributed by atoms with Crippen LogP contribution in [0.15, 0.2) is 34.7 Å². The number of hydrogen-bond acceptors (Lipinski definition) is 7. The molecule has 0 radical (unpaired) electrons. The van der Waals surface area contributed by atoms with Crippen molar-refractivity contribution in [3.63, 3.8) is 0 Å². The maximum Gasteiger partial charge on any atom is 0.234 e. The Morgan fingerprint density at radius 1 is 1.33 bits per heavy atom. The van der Waals surface area contributed by atoms with Crippen molar-refractivity contribution < 1.29 is 14.1 Å². The van der Waals surface area contributed by atoms with E-state index in [9.17, 15) is 9.59 Å². The van der Waals surface area contributed by atoms with E-state index in [2.05, 4.69) is 22.0 Å². The van der Waals surface area contributed by atoms with Crippen molar-refractivity contribution in [2.24, 2.45) is 0 Å². The molecule has 9 heteroatoms. The summed E-state index contributed by atoms with van der Waals surface area (Å²) in [7, 11) is 0. The minimum atomic E-state index is -0.0207. The van der Waals surface area contributed by atoms with Crippen molar-refractivity contribution in [2.75, 3.05) is 39.3 Å². The molecule has 2 aromatic rings. The van der Waals surface area contributed by atoms with Crippen molar-refractivity contribution in [1.82, 2.24) is 25.3 Å². The maximum absolute atomic E-state index is 12.4. The molecule has 3 rings (SSSR count). The maximum atomic E-state index is 12.4. The summed E-state index contributed by atoms with van der Waals surface area (Å²) in [6.07, 6.45) is 2.43. The van der Waals surface area contributed by atoms with Gasteiger partial charge in [-0.05, 0) is 11.4 Å². The zero-order valence-electron chi connectivity index (χ0n) is 15.1. The summed E-state index contributed by atoms with van der Waals surface area (Å²) >= 11 is 1.55. The number of carbonyl (C=O) groups is 2. The van der Waals surface area contributed by atoms with E-state index in [1.54, 1.807) is 17.4 Å². The van der Waals surface area contributed by atoms with E-state index in [4.69, 9.17) is 4.52 Å². The van der Waals surface area contributed by atoms with E-state index in [0.29, 0.717) is 63.8 Å².